The van der Waals surface area contributed by atoms with Crippen molar-refractivity contribution < 1.29 is 28.9 Å². The van der Waals surface area contributed by atoms with E-state index in [4.69, 9.17) is 14.2 Å². The zero-order valence-corrected chi connectivity index (χ0v) is 27.8. The summed E-state index contributed by atoms with van der Waals surface area (Å²) in [5.41, 5.74) is 4.78. The molecule has 2 atom stereocenters. The Balaban J connectivity index is 1.56. The predicted molar refractivity (Wildman–Crippen MR) is 184 cm³/mol. The third-order valence-corrected chi connectivity index (χ3v) is 8.77. The lowest BCUT2D eigenvalue weighted by Gasteiger charge is -2.19. The van der Waals surface area contributed by atoms with Gasteiger partial charge in [-0.2, -0.15) is 11.8 Å². The fraction of sp³-hybridized carbons (Fsp3) is 0.353. The Kier molecular flexibility index (Phi) is 10.6. The molecule has 0 bridgehead atoms. The summed E-state index contributed by atoms with van der Waals surface area (Å²) in [4.78, 5) is 47.1. The number of fused-ring (bicyclic) bond motifs is 4. The van der Waals surface area contributed by atoms with Gasteiger partial charge in [-0.3, -0.25) is 14.4 Å². The van der Waals surface area contributed by atoms with Crippen LogP contribution in [0.3, 0.4) is 0 Å². The van der Waals surface area contributed by atoms with Crippen LogP contribution >= 0.6 is 11.8 Å². The molecule has 0 fully saturated rings. The van der Waals surface area contributed by atoms with Crippen molar-refractivity contribution in [1.82, 2.24) is 15.3 Å². The number of aliphatic hydroxyl groups excluding tert-OH is 1. The number of aryl methyl sites for hydroxylation is 1. The summed E-state index contributed by atoms with van der Waals surface area (Å²) in [6, 6.07) is 11.0. The number of anilines is 2. The van der Waals surface area contributed by atoms with E-state index >= 15 is 0 Å². The van der Waals surface area contributed by atoms with Gasteiger partial charge in [-0.15, -0.1) is 0 Å². The van der Waals surface area contributed by atoms with Crippen molar-refractivity contribution in [3.05, 3.63) is 69.6 Å². The van der Waals surface area contributed by atoms with E-state index < -0.39 is 12.1 Å². The number of ether oxygens (including phenoxy) is 3. The summed E-state index contributed by atoms with van der Waals surface area (Å²) < 4.78 is 17.2. The highest BCUT2D eigenvalue weighted by molar-refractivity contribution is 7.98. The molecule has 0 radical (unpaired) electrons. The number of rotatable bonds is 12. The Labute approximate surface area is 276 Å². The SMILES string of the molecule is COc1cc2c(c(OC)c1OC)-c1ccc(NC(CCSC)C(=O)Nc3ccc4nc(CO)[nH]c4c3)c(=O)cc1C(NC(C)=O)CC2. The maximum absolute atomic E-state index is 13.9. The zero-order valence-electron chi connectivity index (χ0n) is 27.0. The van der Waals surface area contributed by atoms with Gasteiger partial charge in [0.05, 0.1) is 44.1 Å². The van der Waals surface area contributed by atoms with Gasteiger partial charge in [0.15, 0.2) is 11.5 Å². The number of carbonyl (C=O) groups is 2. The standard InChI is InChI=1S/C34H39N5O7S/c1-18(41)35-23-9-6-19-14-29(44-2)32(45-3)33(46-4)31(19)21-8-11-25(28(42)16-22(21)23)37-26(12-13-47-5)34(43)36-20-7-10-24-27(15-20)39-30(17-40)38-24/h7-8,10-11,14-16,23,26,40H,6,9,12-13,17H2,1-5H3,(H,35,41)(H,36,43)(H,37,42)(H,38,39). The minimum Gasteiger partial charge on any atom is -0.493 e. The number of imidazole rings is 1. The maximum atomic E-state index is 13.9. The van der Waals surface area contributed by atoms with Gasteiger partial charge in [-0.1, -0.05) is 6.07 Å². The van der Waals surface area contributed by atoms with Crippen molar-refractivity contribution in [3.63, 3.8) is 0 Å². The number of amides is 2. The second-order valence-electron chi connectivity index (χ2n) is 11.1. The normalized spacial score (nSPS) is 14.3. The number of thioether (sulfide) groups is 1. The van der Waals surface area contributed by atoms with Crippen LogP contribution in [0.4, 0.5) is 11.4 Å². The molecule has 2 unspecified atom stereocenters. The summed E-state index contributed by atoms with van der Waals surface area (Å²) in [7, 11) is 4.64. The molecule has 1 aliphatic carbocycles. The van der Waals surface area contributed by atoms with Crippen LogP contribution in [0.1, 0.15) is 42.8 Å². The van der Waals surface area contributed by atoms with Crippen LogP contribution in [0.2, 0.25) is 0 Å². The van der Waals surface area contributed by atoms with Gasteiger partial charge in [0.2, 0.25) is 23.0 Å². The van der Waals surface area contributed by atoms with Crippen LogP contribution in [-0.2, 0) is 22.6 Å². The fourth-order valence-electron chi connectivity index (χ4n) is 5.96. The van der Waals surface area contributed by atoms with Gasteiger partial charge in [-0.25, -0.2) is 4.98 Å². The second kappa shape index (κ2) is 14.8. The first kappa shape index (κ1) is 33.6. The second-order valence-corrected chi connectivity index (χ2v) is 12.1. The molecule has 1 heterocycles. The summed E-state index contributed by atoms with van der Waals surface area (Å²) in [5.74, 6) is 1.95. The van der Waals surface area contributed by atoms with Crippen molar-refractivity contribution >= 4 is 46.0 Å². The van der Waals surface area contributed by atoms with Crippen LogP contribution in [-0.4, -0.2) is 66.3 Å². The third-order valence-electron chi connectivity index (χ3n) is 8.12. The molecule has 4 aromatic rings. The summed E-state index contributed by atoms with van der Waals surface area (Å²) in [6.07, 6.45) is 3.52. The van der Waals surface area contributed by atoms with E-state index in [1.165, 1.54) is 20.1 Å². The number of aromatic nitrogens is 2. The number of benzene rings is 2. The minimum absolute atomic E-state index is 0.221. The average Bonchev–Trinajstić information content (AvgIpc) is 3.34. The number of hydrogen-bond acceptors (Lipinski definition) is 10. The van der Waals surface area contributed by atoms with Gasteiger partial charge in [0.25, 0.3) is 0 Å². The molecule has 5 N–H and O–H groups in total. The van der Waals surface area contributed by atoms with Crippen molar-refractivity contribution in [2.24, 2.45) is 0 Å². The van der Waals surface area contributed by atoms with Crippen LogP contribution in [0.25, 0.3) is 22.2 Å². The van der Waals surface area contributed by atoms with Crippen molar-refractivity contribution in [3.8, 4) is 28.4 Å². The topological polar surface area (TPSA) is 164 Å². The Morgan fingerprint density at radius 1 is 1.09 bits per heavy atom. The first-order valence-corrected chi connectivity index (χ1v) is 16.5. The monoisotopic (exact) mass is 661 g/mol. The maximum Gasteiger partial charge on any atom is 0.246 e. The van der Waals surface area contributed by atoms with E-state index in [-0.39, 0.29) is 29.5 Å². The molecule has 2 amide bonds. The van der Waals surface area contributed by atoms with Crippen molar-refractivity contribution in [2.45, 2.75) is 44.9 Å². The lowest BCUT2D eigenvalue weighted by molar-refractivity contribution is -0.120. The number of nitrogens with zero attached hydrogens (tertiary/aromatic N) is 1. The van der Waals surface area contributed by atoms with Gasteiger partial charge in [0, 0.05) is 18.2 Å². The van der Waals surface area contributed by atoms with E-state index in [0.717, 1.165) is 11.1 Å². The first-order valence-electron chi connectivity index (χ1n) is 15.1. The molecule has 1 aliphatic rings. The Morgan fingerprint density at radius 2 is 1.87 bits per heavy atom. The van der Waals surface area contributed by atoms with E-state index in [9.17, 15) is 19.5 Å². The van der Waals surface area contributed by atoms with E-state index in [1.54, 1.807) is 50.2 Å². The third kappa shape index (κ3) is 7.15. The molecular formula is C34H39N5O7S. The number of hydrogen-bond donors (Lipinski definition) is 5. The average molecular weight is 662 g/mol. The molecular weight excluding hydrogens is 622 g/mol. The number of carbonyl (C=O) groups excluding carboxylic acids is 2. The predicted octanol–water partition coefficient (Wildman–Crippen LogP) is 4.40. The summed E-state index contributed by atoms with van der Waals surface area (Å²) >= 11 is 1.59. The molecule has 1 aromatic heterocycles. The Hall–Kier alpha value is -4.75. The summed E-state index contributed by atoms with van der Waals surface area (Å²) in [5, 5.41) is 18.6. The molecule has 0 aliphatic heterocycles. The number of aromatic amines is 1. The van der Waals surface area contributed by atoms with Crippen LogP contribution in [0.15, 0.2) is 47.3 Å². The molecule has 3 aromatic carbocycles. The van der Waals surface area contributed by atoms with Gasteiger partial charge < -0.3 is 40.3 Å². The lowest BCUT2D eigenvalue weighted by atomic mass is 9.95. The molecule has 0 spiro atoms. The Bertz CT molecular complexity index is 1860. The highest BCUT2D eigenvalue weighted by Crippen LogP contribution is 2.50. The van der Waals surface area contributed by atoms with Crippen LogP contribution in [0.5, 0.6) is 17.2 Å². The molecule has 12 nitrogen and oxygen atoms in total. The quantitative estimate of drug-likeness (QED) is 0.147. The largest absolute Gasteiger partial charge is 0.493 e. The molecule has 248 valence electrons. The van der Waals surface area contributed by atoms with Crippen LogP contribution < -0.4 is 35.6 Å². The minimum atomic E-state index is -0.736. The zero-order chi connectivity index (χ0) is 33.7. The highest BCUT2D eigenvalue weighted by Gasteiger charge is 2.30. The van der Waals surface area contributed by atoms with Gasteiger partial charge >= 0.3 is 0 Å². The van der Waals surface area contributed by atoms with E-state index in [1.807, 2.05) is 18.4 Å². The molecule has 47 heavy (non-hydrogen) atoms. The number of aliphatic hydroxyl groups is 1. The first-order chi connectivity index (χ1) is 22.7. The van der Waals surface area contributed by atoms with E-state index in [0.29, 0.717) is 75.9 Å². The fourth-order valence-corrected chi connectivity index (χ4v) is 6.44. The summed E-state index contributed by atoms with van der Waals surface area (Å²) in [6.45, 7) is 1.22. The van der Waals surface area contributed by atoms with Crippen molar-refractivity contribution in [1.29, 1.82) is 0 Å². The molecule has 13 heteroatoms. The number of H-pyrrole nitrogens is 1. The van der Waals surface area contributed by atoms with Crippen molar-refractivity contribution in [2.75, 3.05) is 44.0 Å². The smallest absolute Gasteiger partial charge is 0.246 e. The highest BCUT2D eigenvalue weighted by atomic mass is 32.2. The van der Waals surface area contributed by atoms with Crippen LogP contribution in [0, 0.1) is 0 Å². The number of methoxy groups -OCH3 is 3. The number of nitrogens with one attached hydrogen (secondary N) is 4. The van der Waals surface area contributed by atoms with Gasteiger partial charge in [0.1, 0.15) is 18.5 Å². The van der Waals surface area contributed by atoms with E-state index in [2.05, 4.69) is 25.9 Å². The molecule has 0 saturated heterocycles. The lowest BCUT2D eigenvalue weighted by Crippen LogP contribution is -2.36. The molecule has 0 saturated carbocycles. The Morgan fingerprint density at radius 3 is 2.55 bits per heavy atom. The van der Waals surface area contributed by atoms with Gasteiger partial charge in [-0.05, 0) is 84.4 Å². The molecule has 5 rings (SSSR count).